The molecular weight excluding hydrogens is 617 g/mol. The number of aromatic nitrogens is 4. The highest BCUT2D eigenvalue weighted by molar-refractivity contribution is 6.25. The van der Waals surface area contributed by atoms with Gasteiger partial charge in [-0.05, 0) is 54.6 Å². The predicted molar refractivity (Wildman–Crippen MR) is 201 cm³/mol. The van der Waals surface area contributed by atoms with E-state index in [2.05, 4.69) is 106 Å². The predicted octanol–water partition coefficient (Wildman–Crippen LogP) is 11.5. The average Bonchev–Trinajstić information content (AvgIpc) is 3.81. The van der Waals surface area contributed by atoms with Crippen molar-refractivity contribution in [3.63, 3.8) is 0 Å². The molecule has 232 valence electrons. The Bertz CT molecular complexity index is 3240. The summed E-state index contributed by atoms with van der Waals surface area (Å²) in [4.78, 5) is 10.7. The van der Waals surface area contributed by atoms with Crippen molar-refractivity contribution in [2.45, 2.75) is 0 Å². The number of hydrogen-bond acceptors (Lipinski definition) is 4. The summed E-state index contributed by atoms with van der Waals surface area (Å²) in [5.41, 5.74) is 9.68. The van der Waals surface area contributed by atoms with Crippen LogP contribution in [0.5, 0.6) is 11.5 Å². The van der Waals surface area contributed by atoms with Crippen molar-refractivity contribution in [2.24, 2.45) is 0 Å². The summed E-state index contributed by atoms with van der Waals surface area (Å²) in [6.45, 7) is 0. The standard InChI is InChI=1S/C44H24N4O2/c1-2-11-25(12-3-1)47-34-17-7-4-13-26(34)28-21-22-29-31-23-32-27-14-5-8-18-36(27)50-39(32)24-35(31)48(43(29)42(28)47)44-45-33-16-10-20-38-40(33)41(46-44)30-15-6-9-19-37(30)49-38/h1-24H. The lowest BCUT2D eigenvalue weighted by atomic mass is 10.0. The van der Waals surface area contributed by atoms with Crippen molar-refractivity contribution in [1.29, 1.82) is 0 Å². The molecule has 0 radical (unpaired) electrons. The fraction of sp³-hybridized carbons (Fsp3) is 0. The molecule has 0 unspecified atom stereocenters. The second-order valence-corrected chi connectivity index (χ2v) is 13.0. The van der Waals surface area contributed by atoms with Crippen LogP contribution in [-0.4, -0.2) is 19.1 Å². The molecule has 1 aliphatic heterocycles. The molecule has 0 saturated carbocycles. The van der Waals surface area contributed by atoms with Crippen LogP contribution in [0.15, 0.2) is 150 Å². The first-order valence-electron chi connectivity index (χ1n) is 16.8. The molecule has 0 atom stereocenters. The van der Waals surface area contributed by atoms with E-state index in [0.29, 0.717) is 5.95 Å². The van der Waals surface area contributed by atoms with Crippen LogP contribution in [0.1, 0.15) is 0 Å². The fourth-order valence-corrected chi connectivity index (χ4v) is 8.21. The Morgan fingerprint density at radius 3 is 2.12 bits per heavy atom. The van der Waals surface area contributed by atoms with Crippen molar-refractivity contribution in [1.82, 2.24) is 19.1 Å². The number of ether oxygens (including phenoxy) is 1. The third kappa shape index (κ3) is 3.32. The molecule has 12 rings (SSSR count). The molecule has 6 nitrogen and oxygen atoms in total. The van der Waals surface area contributed by atoms with Gasteiger partial charge in [0.2, 0.25) is 5.95 Å². The van der Waals surface area contributed by atoms with Crippen molar-refractivity contribution >= 4 is 76.5 Å². The van der Waals surface area contributed by atoms with Crippen molar-refractivity contribution in [3.8, 4) is 34.4 Å². The molecule has 0 spiro atoms. The molecule has 4 aromatic heterocycles. The summed E-state index contributed by atoms with van der Waals surface area (Å²) in [6, 6.07) is 50.6. The van der Waals surface area contributed by atoms with Crippen LogP contribution < -0.4 is 4.74 Å². The first-order valence-corrected chi connectivity index (χ1v) is 16.8. The monoisotopic (exact) mass is 640 g/mol. The fourth-order valence-electron chi connectivity index (χ4n) is 8.21. The van der Waals surface area contributed by atoms with Crippen LogP contribution in [0, 0.1) is 0 Å². The maximum atomic E-state index is 6.49. The van der Waals surface area contributed by atoms with Crippen molar-refractivity contribution in [3.05, 3.63) is 146 Å². The summed E-state index contributed by atoms with van der Waals surface area (Å²) < 4.78 is 17.5. The Labute approximate surface area is 284 Å². The molecule has 5 heterocycles. The molecule has 7 aromatic carbocycles. The lowest BCUT2D eigenvalue weighted by molar-refractivity contribution is 0.486. The van der Waals surface area contributed by atoms with Gasteiger partial charge in [0.15, 0.2) is 0 Å². The number of nitrogens with zero attached hydrogens (tertiary/aromatic N) is 4. The van der Waals surface area contributed by atoms with E-state index in [1.54, 1.807) is 0 Å². The summed E-state index contributed by atoms with van der Waals surface area (Å²) in [7, 11) is 0. The summed E-state index contributed by atoms with van der Waals surface area (Å²) in [6.07, 6.45) is 0. The van der Waals surface area contributed by atoms with Crippen LogP contribution in [0.25, 0.3) is 99.3 Å². The van der Waals surface area contributed by atoms with E-state index in [0.717, 1.165) is 94.1 Å². The second-order valence-electron chi connectivity index (χ2n) is 13.0. The van der Waals surface area contributed by atoms with Crippen LogP contribution in [-0.2, 0) is 0 Å². The molecule has 0 aliphatic carbocycles. The zero-order valence-electron chi connectivity index (χ0n) is 26.5. The van der Waals surface area contributed by atoms with Gasteiger partial charge in [-0.3, -0.25) is 4.57 Å². The van der Waals surface area contributed by atoms with E-state index in [-0.39, 0.29) is 0 Å². The smallest absolute Gasteiger partial charge is 0.235 e. The molecule has 0 N–H and O–H groups in total. The Kier molecular flexibility index (Phi) is 4.89. The van der Waals surface area contributed by atoms with E-state index < -0.39 is 0 Å². The van der Waals surface area contributed by atoms with Crippen LogP contribution >= 0.6 is 0 Å². The Balaban J connectivity index is 1.32. The SMILES string of the molecule is c1ccc(-n2c3ccccc3c3ccc4c5cc6c(cc5n(-c5nc7c8c(cccc8n5)Oc5ccccc5-7)c4c32)oc2ccccc26)cc1. The molecule has 0 amide bonds. The highest BCUT2D eigenvalue weighted by Crippen LogP contribution is 2.47. The van der Waals surface area contributed by atoms with Crippen LogP contribution in [0.3, 0.4) is 0 Å². The van der Waals surface area contributed by atoms with E-state index in [1.807, 2.05) is 48.5 Å². The molecule has 50 heavy (non-hydrogen) atoms. The van der Waals surface area contributed by atoms with E-state index in [4.69, 9.17) is 19.1 Å². The lowest BCUT2D eigenvalue weighted by Gasteiger charge is -2.21. The summed E-state index contributed by atoms with van der Waals surface area (Å²) >= 11 is 0. The van der Waals surface area contributed by atoms with E-state index in [1.165, 1.54) is 10.8 Å². The Morgan fingerprint density at radius 1 is 0.460 bits per heavy atom. The van der Waals surface area contributed by atoms with Gasteiger partial charge < -0.3 is 13.7 Å². The molecule has 6 heteroatoms. The van der Waals surface area contributed by atoms with Gasteiger partial charge in [-0.2, -0.15) is 0 Å². The van der Waals surface area contributed by atoms with Crippen LogP contribution in [0.2, 0.25) is 0 Å². The van der Waals surface area contributed by atoms with Gasteiger partial charge in [-0.15, -0.1) is 0 Å². The molecule has 0 bridgehead atoms. The van der Waals surface area contributed by atoms with Gasteiger partial charge in [0.05, 0.1) is 38.7 Å². The normalized spacial score (nSPS) is 12.6. The van der Waals surface area contributed by atoms with Crippen molar-refractivity contribution < 1.29 is 9.15 Å². The number of rotatable bonds is 2. The maximum Gasteiger partial charge on any atom is 0.235 e. The maximum absolute atomic E-state index is 6.49. The van der Waals surface area contributed by atoms with Gasteiger partial charge >= 0.3 is 0 Å². The number of furan rings is 1. The van der Waals surface area contributed by atoms with Gasteiger partial charge in [-0.25, -0.2) is 9.97 Å². The molecule has 0 fully saturated rings. The van der Waals surface area contributed by atoms with Gasteiger partial charge in [-0.1, -0.05) is 84.9 Å². The largest absolute Gasteiger partial charge is 0.456 e. The van der Waals surface area contributed by atoms with Crippen LogP contribution in [0.4, 0.5) is 0 Å². The number of para-hydroxylation sites is 4. The minimum atomic E-state index is 0.592. The number of fused-ring (bicyclic) bond motifs is 12. The van der Waals surface area contributed by atoms with Gasteiger partial charge in [0, 0.05) is 49.6 Å². The first-order chi connectivity index (χ1) is 24.8. The third-order valence-corrected chi connectivity index (χ3v) is 10.3. The van der Waals surface area contributed by atoms with E-state index >= 15 is 0 Å². The topological polar surface area (TPSA) is 58.0 Å². The number of benzene rings is 7. The molecule has 1 aliphatic rings. The minimum Gasteiger partial charge on any atom is -0.456 e. The zero-order valence-corrected chi connectivity index (χ0v) is 26.5. The summed E-state index contributed by atoms with van der Waals surface area (Å²) in [5, 5.41) is 7.68. The van der Waals surface area contributed by atoms with Gasteiger partial charge in [0.1, 0.15) is 22.7 Å². The zero-order chi connectivity index (χ0) is 32.5. The Morgan fingerprint density at radius 2 is 1.20 bits per heavy atom. The molecular formula is C44H24N4O2. The Hall–Kier alpha value is -6.92. The highest BCUT2D eigenvalue weighted by Gasteiger charge is 2.27. The summed E-state index contributed by atoms with van der Waals surface area (Å²) in [5.74, 6) is 2.14. The molecule has 11 aromatic rings. The molecule has 0 saturated heterocycles. The second kappa shape index (κ2) is 9.36. The van der Waals surface area contributed by atoms with Crippen molar-refractivity contribution in [2.75, 3.05) is 0 Å². The lowest BCUT2D eigenvalue weighted by Crippen LogP contribution is -2.07. The highest BCUT2D eigenvalue weighted by atomic mass is 16.5. The number of hydrogen-bond donors (Lipinski definition) is 0. The van der Waals surface area contributed by atoms with Gasteiger partial charge in [0.25, 0.3) is 0 Å². The first kappa shape index (κ1) is 26.1. The average molecular weight is 641 g/mol. The van der Waals surface area contributed by atoms with E-state index in [9.17, 15) is 0 Å². The minimum absolute atomic E-state index is 0.592. The third-order valence-electron chi connectivity index (χ3n) is 10.3. The quantitative estimate of drug-likeness (QED) is 0.189.